The van der Waals surface area contributed by atoms with Crippen molar-refractivity contribution in [3.8, 4) is 0 Å². The summed E-state index contributed by atoms with van der Waals surface area (Å²) in [6.07, 6.45) is 11.2. The SMILES string of the molecule is CCCCCCCCCCCCCCCCOCC(COCCOCCOCCO[C@H]1O[C@H](COC(C)=O)[C@@H](OC(C)=O)[C@H](OC(C)=O)[C@@H]1OC(C)=O)(COC(C)=O)COC(C)=O. The summed E-state index contributed by atoms with van der Waals surface area (Å²) < 4.78 is 66.9. The van der Waals surface area contributed by atoms with Crippen molar-refractivity contribution in [1.82, 2.24) is 0 Å². The number of carbonyl (C=O) groups is 6. The zero-order valence-corrected chi connectivity index (χ0v) is 39.1. The lowest BCUT2D eigenvalue weighted by molar-refractivity contribution is -0.309. The Hall–Kier alpha value is -3.42. The van der Waals surface area contributed by atoms with Gasteiger partial charge in [0, 0.05) is 48.1 Å². The van der Waals surface area contributed by atoms with Crippen LogP contribution in [0.4, 0.5) is 0 Å². The van der Waals surface area contributed by atoms with Gasteiger partial charge in [0.25, 0.3) is 0 Å². The maximum Gasteiger partial charge on any atom is 0.303 e. The summed E-state index contributed by atoms with van der Waals surface area (Å²) in [7, 11) is 0. The summed E-state index contributed by atoms with van der Waals surface area (Å²) >= 11 is 0. The first-order chi connectivity index (χ1) is 30.2. The number of ether oxygens (including phenoxy) is 12. The Kier molecular flexibility index (Phi) is 32.8. The van der Waals surface area contributed by atoms with E-state index in [2.05, 4.69) is 6.92 Å². The molecule has 0 aromatic carbocycles. The number of carbonyl (C=O) groups excluding carboxylic acids is 6. The Morgan fingerprint density at radius 3 is 1.27 bits per heavy atom. The normalized spacial score (nSPS) is 18.6. The fraction of sp³-hybridized carbons (Fsp3) is 0.867. The molecule has 366 valence electrons. The molecule has 0 spiro atoms. The Balaban J connectivity index is 2.52. The lowest BCUT2D eigenvalue weighted by Gasteiger charge is -2.44. The first-order valence-electron chi connectivity index (χ1n) is 22.7. The Labute approximate surface area is 374 Å². The van der Waals surface area contributed by atoms with E-state index in [0.29, 0.717) is 6.61 Å². The van der Waals surface area contributed by atoms with Crippen LogP contribution in [0.15, 0.2) is 0 Å². The second-order valence-corrected chi connectivity index (χ2v) is 15.9. The minimum absolute atomic E-state index is 0.0529. The highest BCUT2D eigenvalue weighted by molar-refractivity contribution is 5.69. The van der Waals surface area contributed by atoms with Gasteiger partial charge in [-0.05, 0) is 6.42 Å². The average molecular weight is 907 g/mol. The molecule has 1 saturated heterocycles. The zero-order chi connectivity index (χ0) is 46.7. The second-order valence-electron chi connectivity index (χ2n) is 15.9. The van der Waals surface area contributed by atoms with Crippen LogP contribution in [0.3, 0.4) is 0 Å². The first kappa shape index (κ1) is 57.6. The van der Waals surface area contributed by atoms with Gasteiger partial charge in [0.2, 0.25) is 0 Å². The average Bonchev–Trinajstić information content (AvgIpc) is 3.21. The van der Waals surface area contributed by atoms with Gasteiger partial charge in [0.05, 0.1) is 58.3 Å². The van der Waals surface area contributed by atoms with Crippen molar-refractivity contribution in [3.63, 3.8) is 0 Å². The van der Waals surface area contributed by atoms with Gasteiger partial charge >= 0.3 is 35.8 Å². The topological polar surface area (TPSA) is 213 Å². The molecule has 0 aromatic heterocycles. The molecule has 0 bridgehead atoms. The van der Waals surface area contributed by atoms with Gasteiger partial charge in [-0.15, -0.1) is 0 Å². The maximum absolute atomic E-state index is 12.0. The van der Waals surface area contributed by atoms with Gasteiger partial charge < -0.3 is 56.8 Å². The van der Waals surface area contributed by atoms with Crippen LogP contribution < -0.4 is 0 Å². The molecule has 0 amide bonds. The largest absolute Gasteiger partial charge is 0.465 e. The van der Waals surface area contributed by atoms with Crippen molar-refractivity contribution in [2.24, 2.45) is 5.41 Å². The van der Waals surface area contributed by atoms with Crippen LogP contribution in [0.5, 0.6) is 0 Å². The molecule has 0 aromatic rings. The highest BCUT2D eigenvalue weighted by atomic mass is 16.7. The van der Waals surface area contributed by atoms with Crippen molar-refractivity contribution in [2.75, 3.05) is 79.3 Å². The highest BCUT2D eigenvalue weighted by Gasteiger charge is 2.52. The standard InChI is InChI=1S/C45H78O18/c1-8-9-10-11-12-13-14-15-16-17-18-19-20-21-22-54-30-45(32-58-35(3)47,33-59-36(4)48)31-55-26-25-52-23-24-53-27-28-56-44-43(62-39(7)51)42(61-38(6)50)41(60-37(5)49)40(63-44)29-57-34(2)46/h40-44H,8-33H2,1-7H3/t40-,41-,42+,43+,44+/m1/s1. The maximum atomic E-state index is 12.0. The van der Waals surface area contributed by atoms with Crippen LogP contribution in [0.25, 0.3) is 0 Å². The Bertz CT molecular complexity index is 1260. The minimum Gasteiger partial charge on any atom is -0.465 e. The third-order valence-corrected chi connectivity index (χ3v) is 9.82. The Morgan fingerprint density at radius 1 is 0.413 bits per heavy atom. The lowest BCUT2D eigenvalue weighted by Crippen LogP contribution is -2.63. The van der Waals surface area contributed by atoms with Gasteiger partial charge in [-0.3, -0.25) is 28.8 Å². The molecular weight excluding hydrogens is 828 g/mol. The molecule has 5 atom stereocenters. The number of hydrogen-bond donors (Lipinski definition) is 0. The fourth-order valence-corrected chi connectivity index (χ4v) is 6.72. The number of unbranched alkanes of at least 4 members (excludes halogenated alkanes) is 13. The Morgan fingerprint density at radius 2 is 0.810 bits per heavy atom. The zero-order valence-electron chi connectivity index (χ0n) is 39.1. The lowest BCUT2D eigenvalue weighted by atomic mass is 9.92. The molecule has 0 radical (unpaired) electrons. The molecule has 63 heavy (non-hydrogen) atoms. The molecule has 0 N–H and O–H groups in total. The van der Waals surface area contributed by atoms with Crippen LogP contribution in [0.1, 0.15) is 138 Å². The third-order valence-electron chi connectivity index (χ3n) is 9.82. The van der Waals surface area contributed by atoms with Crippen molar-refractivity contribution in [1.29, 1.82) is 0 Å². The number of hydrogen-bond acceptors (Lipinski definition) is 18. The van der Waals surface area contributed by atoms with Crippen LogP contribution in [-0.2, 0) is 85.6 Å². The summed E-state index contributed by atoms with van der Waals surface area (Å²) in [5.41, 5.74) is -0.910. The quantitative estimate of drug-likeness (QED) is 0.0410. The predicted octanol–water partition coefficient (Wildman–Crippen LogP) is 5.75. The summed E-state index contributed by atoms with van der Waals surface area (Å²) in [4.78, 5) is 71.0. The smallest absolute Gasteiger partial charge is 0.303 e. The predicted molar refractivity (Wildman–Crippen MR) is 227 cm³/mol. The van der Waals surface area contributed by atoms with Gasteiger partial charge in [0.15, 0.2) is 24.6 Å². The molecule has 1 aliphatic rings. The van der Waals surface area contributed by atoms with Crippen LogP contribution in [0, 0.1) is 5.41 Å². The molecule has 0 saturated carbocycles. The highest BCUT2D eigenvalue weighted by Crippen LogP contribution is 2.30. The molecule has 0 unspecified atom stereocenters. The van der Waals surface area contributed by atoms with E-state index in [-0.39, 0.29) is 72.7 Å². The minimum atomic E-state index is -1.34. The van der Waals surface area contributed by atoms with Gasteiger partial charge in [-0.2, -0.15) is 0 Å². The molecule has 18 heteroatoms. The van der Waals surface area contributed by atoms with E-state index in [1.54, 1.807) is 0 Å². The van der Waals surface area contributed by atoms with E-state index in [0.717, 1.165) is 40.0 Å². The van der Waals surface area contributed by atoms with Crippen molar-refractivity contribution >= 4 is 35.8 Å². The third kappa shape index (κ3) is 29.6. The summed E-state index contributed by atoms with van der Waals surface area (Å²) in [5, 5.41) is 0. The van der Waals surface area contributed by atoms with Crippen molar-refractivity contribution in [3.05, 3.63) is 0 Å². The molecule has 18 nitrogen and oxygen atoms in total. The molecule has 1 heterocycles. The number of esters is 6. The van der Waals surface area contributed by atoms with Gasteiger partial charge in [0.1, 0.15) is 25.9 Å². The second kappa shape index (κ2) is 35.9. The molecule has 0 aliphatic carbocycles. The van der Waals surface area contributed by atoms with E-state index < -0.39 is 71.9 Å². The van der Waals surface area contributed by atoms with Crippen molar-refractivity contribution < 1.29 is 85.6 Å². The summed E-state index contributed by atoms with van der Waals surface area (Å²) in [5.74, 6) is -3.80. The van der Waals surface area contributed by atoms with E-state index in [9.17, 15) is 28.8 Å². The summed E-state index contributed by atoms with van der Waals surface area (Å²) in [6, 6.07) is 0. The van der Waals surface area contributed by atoms with E-state index >= 15 is 0 Å². The monoisotopic (exact) mass is 907 g/mol. The van der Waals surface area contributed by atoms with E-state index in [4.69, 9.17) is 56.8 Å². The summed E-state index contributed by atoms with van der Waals surface area (Å²) in [6.45, 7) is 10.5. The molecule has 1 rings (SSSR count). The van der Waals surface area contributed by atoms with E-state index in [1.165, 1.54) is 91.4 Å². The van der Waals surface area contributed by atoms with Crippen molar-refractivity contribution in [2.45, 2.75) is 169 Å². The van der Waals surface area contributed by atoms with Crippen LogP contribution >= 0.6 is 0 Å². The molecular formula is C45H78O18. The first-order valence-corrected chi connectivity index (χ1v) is 22.7. The molecule has 1 fully saturated rings. The van der Waals surface area contributed by atoms with E-state index in [1.807, 2.05) is 0 Å². The molecule has 1 aliphatic heterocycles. The fourth-order valence-electron chi connectivity index (χ4n) is 6.72. The van der Waals surface area contributed by atoms with Gasteiger partial charge in [-0.1, -0.05) is 90.4 Å². The van der Waals surface area contributed by atoms with Crippen LogP contribution in [0.2, 0.25) is 0 Å². The number of rotatable bonds is 38. The van der Waals surface area contributed by atoms with Crippen LogP contribution in [-0.4, -0.2) is 146 Å². The van der Waals surface area contributed by atoms with Gasteiger partial charge in [-0.25, -0.2) is 0 Å².